The topological polar surface area (TPSA) is 105 Å². The lowest BCUT2D eigenvalue weighted by molar-refractivity contribution is -0.115. The second-order valence-electron chi connectivity index (χ2n) is 3.82. The molecule has 0 aliphatic heterocycles. The molecule has 2 aromatic heterocycles. The minimum atomic E-state index is -4.45. The van der Waals surface area contributed by atoms with Gasteiger partial charge in [-0.25, -0.2) is 0 Å². The SMILES string of the molecule is N#Cc1c(NCC(F)(F)F)nn(-c2ccc(Cl)nn2)c1N. The molecule has 0 bridgehead atoms. The summed E-state index contributed by atoms with van der Waals surface area (Å²) in [6, 6.07) is 4.50. The molecule has 0 unspecified atom stereocenters. The number of hydrogen-bond acceptors (Lipinski definition) is 6. The molecule has 21 heavy (non-hydrogen) atoms. The van der Waals surface area contributed by atoms with Crippen LogP contribution in [-0.2, 0) is 0 Å². The van der Waals surface area contributed by atoms with Crippen molar-refractivity contribution in [1.82, 2.24) is 20.0 Å². The van der Waals surface area contributed by atoms with Gasteiger partial charge in [0.2, 0.25) is 0 Å². The highest BCUT2D eigenvalue weighted by molar-refractivity contribution is 6.29. The Morgan fingerprint density at radius 2 is 2.10 bits per heavy atom. The first-order chi connectivity index (χ1) is 9.81. The highest BCUT2D eigenvalue weighted by Gasteiger charge is 2.28. The number of nitrogens with one attached hydrogen (secondary N) is 1. The quantitative estimate of drug-likeness (QED) is 0.893. The van der Waals surface area contributed by atoms with Gasteiger partial charge in [0.25, 0.3) is 0 Å². The number of rotatable bonds is 3. The molecule has 7 nitrogen and oxygen atoms in total. The number of anilines is 2. The molecule has 0 saturated heterocycles. The first-order valence-corrected chi connectivity index (χ1v) is 5.78. The van der Waals surface area contributed by atoms with Gasteiger partial charge in [-0.15, -0.1) is 15.3 Å². The third kappa shape index (κ3) is 3.32. The van der Waals surface area contributed by atoms with Crippen LogP contribution in [0.5, 0.6) is 0 Å². The van der Waals surface area contributed by atoms with Gasteiger partial charge in [-0.1, -0.05) is 11.6 Å². The van der Waals surface area contributed by atoms with E-state index in [1.165, 1.54) is 12.1 Å². The van der Waals surface area contributed by atoms with Crippen LogP contribution in [0.25, 0.3) is 5.82 Å². The fraction of sp³-hybridized carbons (Fsp3) is 0.200. The number of nitrogen functional groups attached to an aromatic ring is 1. The molecule has 2 rings (SSSR count). The van der Waals surface area contributed by atoms with E-state index in [-0.39, 0.29) is 28.2 Å². The van der Waals surface area contributed by atoms with Crippen molar-refractivity contribution >= 4 is 23.2 Å². The lowest BCUT2D eigenvalue weighted by Gasteiger charge is -2.06. The molecule has 11 heteroatoms. The number of aromatic nitrogens is 4. The molecule has 0 saturated carbocycles. The summed E-state index contributed by atoms with van der Waals surface area (Å²) in [5.74, 6) is -0.323. The molecule has 0 atom stereocenters. The summed E-state index contributed by atoms with van der Waals surface area (Å²) in [6.07, 6.45) is -4.45. The Bertz CT molecular complexity index is 686. The molecule has 0 amide bonds. The maximum atomic E-state index is 12.2. The van der Waals surface area contributed by atoms with Gasteiger partial charge in [-0.3, -0.25) is 0 Å². The van der Waals surface area contributed by atoms with E-state index in [0.29, 0.717) is 0 Å². The molecule has 0 aliphatic rings. The van der Waals surface area contributed by atoms with Crippen LogP contribution in [-0.4, -0.2) is 32.7 Å². The Morgan fingerprint density at radius 3 is 2.62 bits per heavy atom. The van der Waals surface area contributed by atoms with Gasteiger partial charge in [0.15, 0.2) is 16.8 Å². The predicted molar refractivity (Wildman–Crippen MR) is 67.8 cm³/mol. The second-order valence-corrected chi connectivity index (χ2v) is 4.20. The van der Waals surface area contributed by atoms with Gasteiger partial charge >= 0.3 is 6.18 Å². The Labute approximate surface area is 121 Å². The van der Waals surface area contributed by atoms with Gasteiger partial charge in [0, 0.05) is 0 Å². The maximum absolute atomic E-state index is 12.2. The molecule has 3 N–H and O–H groups in total. The van der Waals surface area contributed by atoms with E-state index in [9.17, 15) is 13.2 Å². The van der Waals surface area contributed by atoms with E-state index in [4.69, 9.17) is 22.6 Å². The summed E-state index contributed by atoms with van der Waals surface area (Å²) >= 11 is 5.58. The first kappa shape index (κ1) is 14.9. The van der Waals surface area contributed by atoms with Crippen LogP contribution >= 0.6 is 11.6 Å². The summed E-state index contributed by atoms with van der Waals surface area (Å²) in [5, 5.41) is 22.2. The number of alkyl halides is 3. The predicted octanol–water partition coefficient (Wildman–Crippen LogP) is 1.74. The number of nitriles is 1. The van der Waals surface area contributed by atoms with Crippen LogP contribution in [0.4, 0.5) is 24.8 Å². The summed E-state index contributed by atoms with van der Waals surface area (Å²) in [4.78, 5) is 0. The zero-order chi connectivity index (χ0) is 15.6. The molecule has 0 aromatic carbocycles. The Kier molecular flexibility index (Phi) is 3.86. The minimum Gasteiger partial charge on any atom is -0.382 e. The molecular weight excluding hydrogens is 311 g/mol. The van der Waals surface area contributed by atoms with Gasteiger partial charge in [-0.2, -0.15) is 23.1 Å². The van der Waals surface area contributed by atoms with Crippen molar-refractivity contribution in [2.45, 2.75) is 6.18 Å². The summed E-state index contributed by atoms with van der Waals surface area (Å²) in [6.45, 7) is -1.34. The Morgan fingerprint density at radius 1 is 1.38 bits per heavy atom. The van der Waals surface area contributed by atoms with Gasteiger partial charge in [-0.05, 0) is 12.1 Å². The van der Waals surface area contributed by atoms with Crippen molar-refractivity contribution in [3.8, 4) is 11.9 Å². The number of nitrogens with two attached hydrogens (primary N) is 1. The van der Waals surface area contributed by atoms with E-state index >= 15 is 0 Å². The van der Waals surface area contributed by atoms with E-state index in [0.717, 1.165) is 4.68 Å². The van der Waals surface area contributed by atoms with Crippen LogP contribution in [0.1, 0.15) is 5.56 Å². The average Bonchev–Trinajstić information content (AvgIpc) is 2.73. The minimum absolute atomic E-state index is 0.119. The molecule has 0 spiro atoms. The molecule has 2 heterocycles. The largest absolute Gasteiger partial charge is 0.405 e. The van der Waals surface area contributed by atoms with E-state index in [2.05, 4.69) is 15.3 Å². The highest BCUT2D eigenvalue weighted by atomic mass is 35.5. The third-order valence-corrected chi connectivity index (χ3v) is 2.53. The van der Waals surface area contributed by atoms with Crippen molar-refractivity contribution in [3.63, 3.8) is 0 Å². The van der Waals surface area contributed by atoms with Crippen molar-refractivity contribution in [2.75, 3.05) is 17.6 Å². The van der Waals surface area contributed by atoms with Crippen LogP contribution in [0.2, 0.25) is 5.15 Å². The maximum Gasteiger partial charge on any atom is 0.405 e. The smallest absolute Gasteiger partial charge is 0.382 e. The molecule has 0 aliphatic carbocycles. The van der Waals surface area contributed by atoms with Crippen molar-refractivity contribution < 1.29 is 13.2 Å². The standard InChI is InChI=1S/C10H7ClF3N7/c11-6-1-2-7(19-18-6)21-8(16)5(3-15)9(20-21)17-4-10(12,13)14/h1-2H,4,16H2,(H,17,20). The number of hydrogen-bond donors (Lipinski definition) is 2. The normalized spacial score (nSPS) is 11.2. The molecular formula is C10H7ClF3N7. The van der Waals surface area contributed by atoms with E-state index in [1.807, 2.05) is 5.32 Å². The summed E-state index contributed by atoms with van der Waals surface area (Å²) in [7, 11) is 0. The lowest BCUT2D eigenvalue weighted by Crippen LogP contribution is -2.22. The van der Waals surface area contributed by atoms with Gasteiger partial charge < -0.3 is 11.1 Å². The Hall–Kier alpha value is -2.54. The van der Waals surface area contributed by atoms with Crippen LogP contribution in [0, 0.1) is 11.3 Å². The number of halogens is 4. The first-order valence-electron chi connectivity index (χ1n) is 5.40. The Balaban J connectivity index is 2.38. The lowest BCUT2D eigenvalue weighted by atomic mass is 10.3. The van der Waals surface area contributed by atoms with Crippen molar-refractivity contribution in [1.29, 1.82) is 5.26 Å². The molecule has 0 radical (unpaired) electrons. The van der Waals surface area contributed by atoms with Gasteiger partial charge in [0.05, 0.1) is 0 Å². The summed E-state index contributed by atoms with van der Waals surface area (Å²) < 4.78 is 37.6. The van der Waals surface area contributed by atoms with E-state index in [1.54, 1.807) is 6.07 Å². The monoisotopic (exact) mass is 317 g/mol. The molecule has 2 aromatic rings. The third-order valence-electron chi connectivity index (χ3n) is 2.32. The summed E-state index contributed by atoms with van der Waals surface area (Å²) in [5.41, 5.74) is 5.47. The average molecular weight is 318 g/mol. The fourth-order valence-electron chi connectivity index (χ4n) is 1.45. The zero-order valence-corrected chi connectivity index (χ0v) is 10.9. The van der Waals surface area contributed by atoms with E-state index < -0.39 is 12.7 Å². The van der Waals surface area contributed by atoms with Crippen molar-refractivity contribution in [3.05, 3.63) is 22.8 Å². The van der Waals surface area contributed by atoms with Gasteiger partial charge in [0.1, 0.15) is 24.0 Å². The van der Waals surface area contributed by atoms with Crippen molar-refractivity contribution in [2.24, 2.45) is 0 Å². The van der Waals surface area contributed by atoms with Crippen LogP contribution < -0.4 is 11.1 Å². The zero-order valence-electron chi connectivity index (χ0n) is 10.2. The van der Waals surface area contributed by atoms with Crippen LogP contribution in [0.15, 0.2) is 12.1 Å². The second kappa shape index (κ2) is 5.45. The number of nitrogens with zero attached hydrogens (tertiary/aromatic N) is 5. The fourth-order valence-corrected chi connectivity index (χ4v) is 1.55. The highest BCUT2D eigenvalue weighted by Crippen LogP contribution is 2.25. The molecule has 0 fully saturated rings. The molecule has 110 valence electrons. The van der Waals surface area contributed by atoms with Crippen LogP contribution in [0.3, 0.4) is 0 Å².